The molecule has 0 saturated heterocycles. The molecule has 0 atom stereocenters. The molecule has 0 saturated carbocycles. The summed E-state index contributed by atoms with van der Waals surface area (Å²) in [6, 6.07) is 0. The van der Waals surface area contributed by atoms with Crippen LogP contribution in [0.3, 0.4) is 0 Å². The Labute approximate surface area is 87.0 Å². The van der Waals surface area contributed by atoms with Crippen molar-refractivity contribution in [2.45, 2.75) is 46.8 Å². The molecule has 0 unspecified atom stereocenters. The van der Waals surface area contributed by atoms with Crippen LogP contribution in [0.4, 0.5) is 0 Å². The van der Waals surface area contributed by atoms with Gasteiger partial charge in [0, 0.05) is 4.88 Å². The van der Waals surface area contributed by atoms with Gasteiger partial charge in [-0.05, 0) is 35.9 Å². The molecule has 0 aromatic carbocycles. The average Bonchev–Trinajstić information content (AvgIpc) is 2.28. The van der Waals surface area contributed by atoms with E-state index in [2.05, 4.69) is 40.4 Å². The second kappa shape index (κ2) is 3.58. The van der Waals surface area contributed by atoms with Crippen LogP contribution in [-0.4, -0.2) is 8.07 Å². The van der Waals surface area contributed by atoms with Gasteiger partial charge in [-0.15, -0.1) is 11.3 Å². The molecule has 0 aliphatic heterocycles. The van der Waals surface area contributed by atoms with Crippen LogP contribution in [0.15, 0.2) is 0 Å². The maximum Gasteiger partial charge on any atom is 0.0907 e. The Hall–Kier alpha value is -0.0831. The molecular formula is C11H20SSi. The average molecular weight is 212 g/mol. The first-order chi connectivity index (χ1) is 5.88. The Morgan fingerprint density at radius 2 is 1.69 bits per heavy atom. The number of hydrogen-bond acceptors (Lipinski definition) is 1. The van der Waals surface area contributed by atoms with Gasteiger partial charge >= 0.3 is 0 Å². The van der Waals surface area contributed by atoms with Crippen molar-refractivity contribution in [3.63, 3.8) is 0 Å². The van der Waals surface area contributed by atoms with Gasteiger partial charge in [0.05, 0.1) is 8.07 Å². The normalized spacial score (nSPS) is 12.2. The van der Waals surface area contributed by atoms with Crippen molar-refractivity contribution >= 4 is 23.9 Å². The smallest absolute Gasteiger partial charge is 0.0907 e. The highest BCUT2D eigenvalue weighted by Gasteiger charge is 2.23. The third kappa shape index (κ3) is 2.05. The zero-order valence-corrected chi connectivity index (χ0v) is 11.4. The van der Waals surface area contributed by atoms with Crippen LogP contribution < -0.4 is 4.50 Å². The van der Waals surface area contributed by atoms with Gasteiger partial charge in [0.1, 0.15) is 0 Å². The third-order valence-corrected chi connectivity index (χ3v) is 7.42. The number of hydrogen-bond donors (Lipinski definition) is 0. The topological polar surface area (TPSA) is 0 Å². The van der Waals surface area contributed by atoms with Gasteiger partial charge in [0.2, 0.25) is 0 Å². The van der Waals surface area contributed by atoms with E-state index in [9.17, 15) is 0 Å². The summed E-state index contributed by atoms with van der Waals surface area (Å²) in [5.41, 5.74) is 3.19. The van der Waals surface area contributed by atoms with Crippen molar-refractivity contribution in [2.75, 3.05) is 0 Å². The number of rotatable bonds is 2. The fourth-order valence-corrected chi connectivity index (χ4v) is 5.66. The van der Waals surface area contributed by atoms with Crippen LogP contribution in [0.2, 0.25) is 19.6 Å². The summed E-state index contributed by atoms with van der Waals surface area (Å²) in [5.74, 6) is 0. The molecule has 0 aliphatic carbocycles. The van der Waals surface area contributed by atoms with Gasteiger partial charge in [0.25, 0.3) is 0 Å². The fraction of sp³-hybridized carbons (Fsp3) is 0.636. The van der Waals surface area contributed by atoms with Crippen LogP contribution in [0, 0.1) is 13.8 Å². The van der Waals surface area contributed by atoms with Gasteiger partial charge in [-0.2, -0.15) is 0 Å². The van der Waals surface area contributed by atoms with Crippen LogP contribution >= 0.6 is 11.3 Å². The van der Waals surface area contributed by atoms with Crippen molar-refractivity contribution in [3.8, 4) is 0 Å². The largest absolute Gasteiger partial charge is 0.150 e. The molecule has 0 N–H and O–H groups in total. The Kier molecular flexibility index (Phi) is 3.03. The summed E-state index contributed by atoms with van der Waals surface area (Å²) in [6.45, 7) is 14.1. The highest BCUT2D eigenvalue weighted by Crippen LogP contribution is 2.23. The molecular weight excluding hydrogens is 192 g/mol. The van der Waals surface area contributed by atoms with Gasteiger partial charge in [0.15, 0.2) is 0 Å². The fourth-order valence-electron chi connectivity index (χ4n) is 1.71. The summed E-state index contributed by atoms with van der Waals surface area (Å²) in [5, 5.41) is 0. The van der Waals surface area contributed by atoms with Crippen molar-refractivity contribution in [3.05, 3.63) is 16.0 Å². The van der Waals surface area contributed by atoms with Crippen LogP contribution in [0.25, 0.3) is 0 Å². The third-order valence-electron chi connectivity index (χ3n) is 2.54. The molecule has 0 radical (unpaired) electrons. The highest BCUT2D eigenvalue weighted by atomic mass is 32.1. The zero-order valence-electron chi connectivity index (χ0n) is 9.62. The van der Waals surface area contributed by atoms with E-state index in [1.807, 2.05) is 11.3 Å². The second-order valence-corrected chi connectivity index (χ2v) is 11.3. The standard InChI is InChI=1S/C11H20SSi/c1-7-10-8(2)9(3)12-11(10)13(4,5)6/h7H2,1-6H3. The van der Waals surface area contributed by atoms with E-state index >= 15 is 0 Å². The minimum Gasteiger partial charge on any atom is -0.150 e. The lowest BCUT2D eigenvalue weighted by Crippen LogP contribution is -2.37. The quantitative estimate of drug-likeness (QED) is 0.659. The molecule has 13 heavy (non-hydrogen) atoms. The van der Waals surface area contributed by atoms with Gasteiger partial charge in [-0.3, -0.25) is 0 Å². The van der Waals surface area contributed by atoms with Gasteiger partial charge < -0.3 is 0 Å². The molecule has 0 bridgehead atoms. The SMILES string of the molecule is CCc1c([Si](C)(C)C)sc(C)c1C. The van der Waals surface area contributed by atoms with E-state index in [1.54, 1.807) is 15.6 Å². The molecule has 0 fully saturated rings. The summed E-state index contributed by atoms with van der Waals surface area (Å²) in [7, 11) is -1.09. The molecule has 2 heteroatoms. The Morgan fingerprint density at radius 1 is 1.15 bits per heavy atom. The lowest BCUT2D eigenvalue weighted by molar-refractivity contribution is 1.13. The number of aryl methyl sites for hydroxylation is 1. The molecule has 74 valence electrons. The summed E-state index contributed by atoms with van der Waals surface area (Å²) in [6.07, 6.45) is 1.20. The van der Waals surface area contributed by atoms with Gasteiger partial charge in [-0.1, -0.05) is 26.6 Å². The summed E-state index contributed by atoms with van der Waals surface area (Å²) in [4.78, 5) is 1.52. The Balaban J connectivity index is 3.30. The Morgan fingerprint density at radius 3 is 2.00 bits per heavy atom. The first kappa shape index (κ1) is 11.0. The molecule has 1 aromatic heterocycles. The maximum absolute atomic E-state index is 2.44. The molecule has 1 aromatic rings. The van der Waals surface area contributed by atoms with Crippen molar-refractivity contribution in [1.29, 1.82) is 0 Å². The molecule has 0 spiro atoms. The van der Waals surface area contributed by atoms with E-state index in [0.717, 1.165) is 0 Å². The van der Waals surface area contributed by atoms with Gasteiger partial charge in [-0.25, -0.2) is 0 Å². The second-order valence-electron chi connectivity index (χ2n) is 4.69. The summed E-state index contributed by atoms with van der Waals surface area (Å²) >= 11 is 2.03. The molecule has 1 rings (SSSR count). The monoisotopic (exact) mass is 212 g/mol. The predicted molar refractivity (Wildman–Crippen MR) is 66.2 cm³/mol. The zero-order chi connectivity index (χ0) is 10.2. The summed E-state index contributed by atoms with van der Waals surface area (Å²) < 4.78 is 1.71. The van der Waals surface area contributed by atoms with Crippen molar-refractivity contribution in [1.82, 2.24) is 0 Å². The first-order valence-electron chi connectivity index (χ1n) is 4.97. The lowest BCUT2D eigenvalue weighted by Gasteiger charge is -2.16. The lowest BCUT2D eigenvalue weighted by atomic mass is 10.1. The Bertz CT molecular complexity index is 305. The van der Waals surface area contributed by atoms with E-state index in [4.69, 9.17) is 0 Å². The maximum atomic E-state index is 2.44. The van der Waals surface area contributed by atoms with E-state index in [1.165, 1.54) is 11.3 Å². The van der Waals surface area contributed by atoms with E-state index in [-0.39, 0.29) is 0 Å². The molecule has 0 nitrogen and oxygen atoms in total. The van der Waals surface area contributed by atoms with Crippen LogP contribution in [0.1, 0.15) is 22.9 Å². The highest BCUT2D eigenvalue weighted by molar-refractivity contribution is 7.26. The minimum absolute atomic E-state index is 1.09. The number of thiophene rings is 1. The van der Waals surface area contributed by atoms with Crippen molar-refractivity contribution in [2.24, 2.45) is 0 Å². The van der Waals surface area contributed by atoms with E-state index in [0.29, 0.717) is 0 Å². The van der Waals surface area contributed by atoms with E-state index < -0.39 is 8.07 Å². The minimum atomic E-state index is -1.09. The predicted octanol–water partition coefficient (Wildman–Crippen LogP) is 3.47. The molecule has 1 heterocycles. The molecule has 0 amide bonds. The van der Waals surface area contributed by atoms with Crippen LogP contribution in [0.5, 0.6) is 0 Å². The van der Waals surface area contributed by atoms with Crippen LogP contribution in [-0.2, 0) is 6.42 Å². The molecule has 0 aliphatic rings. The first-order valence-corrected chi connectivity index (χ1v) is 9.29. The van der Waals surface area contributed by atoms with Crippen molar-refractivity contribution < 1.29 is 0 Å².